The van der Waals surface area contributed by atoms with E-state index < -0.39 is 0 Å². The Hall–Kier alpha value is -1.14. The number of anilines is 1. The summed E-state index contributed by atoms with van der Waals surface area (Å²) >= 11 is 3.51. The van der Waals surface area contributed by atoms with Gasteiger partial charge in [-0.15, -0.1) is 0 Å². The number of pyridine rings is 1. The lowest BCUT2D eigenvalue weighted by Crippen LogP contribution is -2.43. The number of hydrogen-bond acceptors (Lipinski definition) is 3. The van der Waals surface area contributed by atoms with Gasteiger partial charge in [0.1, 0.15) is 5.82 Å². The van der Waals surface area contributed by atoms with Crippen LogP contribution < -0.4 is 5.32 Å². The molecule has 0 aromatic carbocycles. The van der Waals surface area contributed by atoms with Crippen molar-refractivity contribution in [2.75, 3.05) is 31.6 Å². The van der Waals surface area contributed by atoms with Gasteiger partial charge in [0.05, 0.1) is 18.9 Å². The van der Waals surface area contributed by atoms with E-state index in [4.69, 9.17) is 4.74 Å². The van der Waals surface area contributed by atoms with Crippen LogP contribution in [0.2, 0.25) is 0 Å². The quantitative estimate of drug-likeness (QED) is 0.909. The molecule has 5 nitrogen and oxygen atoms in total. The molecule has 1 saturated heterocycles. The van der Waals surface area contributed by atoms with Gasteiger partial charge >= 0.3 is 6.03 Å². The average Bonchev–Trinajstić information content (AvgIpc) is 3.26. The van der Waals surface area contributed by atoms with Crippen LogP contribution in [0.4, 0.5) is 10.6 Å². The number of halogens is 1. The molecule has 102 valence electrons. The predicted molar refractivity (Wildman–Crippen MR) is 75.3 cm³/mol. The van der Waals surface area contributed by atoms with E-state index in [-0.39, 0.29) is 6.03 Å². The van der Waals surface area contributed by atoms with E-state index in [2.05, 4.69) is 26.2 Å². The number of nitrogens with zero attached hydrogens (tertiary/aromatic N) is 2. The summed E-state index contributed by atoms with van der Waals surface area (Å²) in [5.41, 5.74) is 1.06. The van der Waals surface area contributed by atoms with Crippen LogP contribution in [0.1, 0.15) is 24.5 Å². The van der Waals surface area contributed by atoms with Crippen molar-refractivity contribution in [3.05, 3.63) is 22.3 Å². The van der Waals surface area contributed by atoms with Crippen LogP contribution in [0.25, 0.3) is 0 Å². The minimum Gasteiger partial charge on any atom is -0.378 e. The second-order valence-corrected chi connectivity index (χ2v) is 5.72. The van der Waals surface area contributed by atoms with Crippen molar-refractivity contribution in [1.29, 1.82) is 0 Å². The lowest BCUT2D eigenvalue weighted by molar-refractivity contribution is 0.0564. The number of carbonyl (C=O) groups is 1. The van der Waals surface area contributed by atoms with Crippen LogP contribution in [0.5, 0.6) is 0 Å². The van der Waals surface area contributed by atoms with Gasteiger partial charge in [0.15, 0.2) is 0 Å². The van der Waals surface area contributed by atoms with Gasteiger partial charge in [0.25, 0.3) is 0 Å². The molecule has 0 radical (unpaired) electrons. The monoisotopic (exact) mass is 325 g/mol. The Labute approximate surface area is 120 Å². The SMILES string of the molecule is O=C(Nc1ccc(Br)c(C2CC2)n1)N1CCOCC1. The normalized spacial score (nSPS) is 19.3. The number of aromatic nitrogens is 1. The fourth-order valence-corrected chi connectivity index (χ4v) is 2.67. The van der Waals surface area contributed by atoms with E-state index in [1.54, 1.807) is 4.90 Å². The van der Waals surface area contributed by atoms with Crippen molar-refractivity contribution in [2.45, 2.75) is 18.8 Å². The number of carbonyl (C=O) groups excluding carboxylic acids is 1. The zero-order valence-corrected chi connectivity index (χ0v) is 12.1. The molecule has 2 amide bonds. The molecule has 1 aliphatic carbocycles. The van der Waals surface area contributed by atoms with Gasteiger partial charge in [-0.2, -0.15) is 0 Å². The van der Waals surface area contributed by atoms with Gasteiger partial charge < -0.3 is 9.64 Å². The van der Waals surface area contributed by atoms with Gasteiger partial charge in [0, 0.05) is 23.5 Å². The minimum atomic E-state index is -0.0973. The Bertz CT molecular complexity index is 485. The minimum absolute atomic E-state index is 0.0973. The number of morpholine rings is 1. The summed E-state index contributed by atoms with van der Waals surface area (Å²) in [7, 11) is 0. The molecule has 1 N–H and O–H groups in total. The van der Waals surface area contributed by atoms with E-state index >= 15 is 0 Å². The lowest BCUT2D eigenvalue weighted by atomic mass is 10.2. The highest BCUT2D eigenvalue weighted by Crippen LogP contribution is 2.42. The first kappa shape index (κ1) is 12.9. The van der Waals surface area contributed by atoms with Crippen molar-refractivity contribution in [2.24, 2.45) is 0 Å². The molecule has 0 spiro atoms. The molecular weight excluding hydrogens is 310 g/mol. The molecule has 6 heteroatoms. The molecule has 0 bridgehead atoms. The Kier molecular flexibility index (Phi) is 3.70. The maximum Gasteiger partial charge on any atom is 0.323 e. The van der Waals surface area contributed by atoms with Crippen LogP contribution in [0.15, 0.2) is 16.6 Å². The van der Waals surface area contributed by atoms with E-state index in [1.807, 2.05) is 12.1 Å². The third kappa shape index (κ3) is 3.06. The van der Waals surface area contributed by atoms with Crippen LogP contribution in [0.3, 0.4) is 0 Å². The summed E-state index contributed by atoms with van der Waals surface area (Å²) in [4.78, 5) is 18.3. The highest BCUT2D eigenvalue weighted by Gasteiger charge is 2.27. The topological polar surface area (TPSA) is 54.5 Å². The summed E-state index contributed by atoms with van der Waals surface area (Å²) in [6.07, 6.45) is 2.37. The maximum atomic E-state index is 12.1. The molecule has 2 fully saturated rings. The zero-order chi connectivity index (χ0) is 13.2. The molecule has 1 saturated carbocycles. The summed E-state index contributed by atoms with van der Waals surface area (Å²) in [6.45, 7) is 2.48. The first-order valence-electron chi connectivity index (χ1n) is 6.54. The highest BCUT2D eigenvalue weighted by molar-refractivity contribution is 9.10. The Balaban J connectivity index is 1.68. The molecule has 2 heterocycles. The summed E-state index contributed by atoms with van der Waals surface area (Å²) < 4.78 is 6.26. The molecule has 1 aromatic heterocycles. The van der Waals surface area contributed by atoms with Crippen molar-refractivity contribution in [3.8, 4) is 0 Å². The Morgan fingerprint density at radius 1 is 1.37 bits per heavy atom. The molecule has 0 atom stereocenters. The van der Waals surface area contributed by atoms with Gasteiger partial charge in [-0.1, -0.05) is 0 Å². The first-order chi connectivity index (χ1) is 9.24. The predicted octanol–water partition coefficient (Wildman–Crippen LogP) is 2.59. The Morgan fingerprint density at radius 3 is 2.79 bits per heavy atom. The zero-order valence-electron chi connectivity index (χ0n) is 10.6. The van der Waals surface area contributed by atoms with Crippen LogP contribution in [0, 0.1) is 0 Å². The van der Waals surface area contributed by atoms with Crippen molar-refractivity contribution in [3.63, 3.8) is 0 Å². The van der Waals surface area contributed by atoms with Crippen molar-refractivity contribution in [1.82, 2.24) is 9.88 Å². The summed E-state index contributed by atoms with van der Waals surface area (Å²) in [5.74, 6) is 1.18. The molecule has 19 heavy (non-hydrogen) atoms. The van der Waals surface area contributed by atoms with Gasteiger partial charge in [-0.25, -0.2) is 9.78 Å². The number of urea groups is 1. The first-order valence-corrected chi connectivity index (χ1v) is 7.33. The fourth-order valence-electron chi connectivity index (χ4n) is 2.13. The second kappa shape index (κ2) is 5.46. The lowest BCUT2D eigenvalue weighted by Gasteiger charge is -2.26. The fraction of sp³-hybridized carbons (Fsp3) is 0.538. The van der Waals surface area contributed by atoms with Gasteiger partial charge in [-0.3, -0.25) is 5.32 Å². The van der Waals surface area contributed by atoms with Crippen molar-refractivity contribution >= 4 is 27.8 Å². The van der Waals surface area contributed by atoms with Gasteiger partial charge in [-0.05, 0) is 40.9 Å². The third-order valence-corrected chi connectivity index (χ3v) is 4.04. The molecule has 2 aliphatic rings. The maximum absolute atomic E-state index is 12.1. The van der Waals surface area contributed by atoms with E-state index in [0.717, 1.165) is 10.2 Å². The summed E-state index contributed by atoms with van der Waals surface area (Å²) in [5, 5.41) is 2.86. The van der Waals surface area contributed by atoms with Gasteiger partial charge in [0.2, 0.25) is 0 Å². The van der Waals surface area contributed by atoms with Crippen LogP contribution in [-0.4, -0.2) is 42.2 Å². The number of hydrogen-bond donors (Lipinski definition) is 1. The largest absolute Gasteiger partial charge is 0.378 e. The third-order valence-electron chi connectivity index (χ3n) is 3.37. The number of rotatable bonds is 2. The smallest absolute Gasteiger partial charge is 0.323 e. The van der Waals surface area contributed by atoms with E-state index in [9.17, 15) is 4.79 Å². The molecule has 3 rings (SSSR count). The molecule has 1 aromatic rings. The van der Waals surface area contributed by atoms with E-state index in [0.29, 0.717) is 38.0 Å². The van der Waals surface area contributed by atoms with Crippen LogP contribution >= 0.6 is 15.9 Å². The standard InChI is InChI=1S/C13H16BrN3O2/c14-10-3-4-11(15-12(10)9-1-2-9)16-13(18)17-5-7-19-8-6-17/h3-4,9H,1-2,5-8H2,(H,15,16,18). The Morgan fingerprint density at radius 2 is 2.11 bits per heavy atom. The number of amides is 2. The van der Waals surface area contributed by atoms with Crippen LogP contribution in [-0.2, 0) is 4.74 Å². The summed E-state index contributed by atoms with van der Waals surface area (Å²) in [6, 6.07) is 3.68. The molecule has 1 aliphatic heterocycles. The highest BCUT2D eigenvalue weighted by atomic mass is 79.9. The molecular formula is C13H16BrN3O2. The average molecular weight is 326 g/mol. The number of nitrogens with one attached hydrogen (secondary N) is 1. The van der Waals surface area contributed by atoms with E-state index in [1.165, 1.54) is 12.8 Å². The van der Waals surface area contributed by atoms with Crippen molar-refractivity contribution < 1.29 is 9.53 Å². The second-order valence-electron chi connectivity index (χ2n) is 4.87. The molecule has 0 unspecified atom stereocenters. The number of ether oxygens (including phenoxy) is 1.